The SMILES string of the molecule is CCN1CCN(c2cc(NCc3ccccc3)nc(-c3ccccc3)n2)CC1. The van der Waals surface area contributed by atoms with E-state index in [4.69, 9.17) is 9.97 Å². The molecule has 1 aliphatic rings. The molecule has 1 saturated heterocycles. The van der Waals surface area contributed by atoms with E-state index in [1.807, 2.05) is 24.3 Å². The molecule has 1 aromatic heterocycles. The average molecular weight is 374 g/mol. The number of likely N-dealkylation sites (N-methyl/N-ethyl adjacent to an activating group) is 1. The number of rotatable bonds is 6. The fourth-order valence-electron chi connectivity index (χ4n) is 3.48. The highest BCUT2D eigenvalue weighted by molar-refractivity contribution is 5.62. The Labute approximate surface area is 167 Å². The first kappa shape index (κ1) is 18.4. The monoisotopic (exact) mass is 373 g/mol. The molecule has 28 heavy (non-hydrogen) atoms. The number of nitrogens with zero attached hydrogens (tertiary/aromatic N) is 4. The van der Waals surface area contributed by atoms with Crippen LogP contribution in [0, 0.1) is 0 Å². The topological polar surface area (TPSA) is 44.3 Å². The highest BCUT2D eigenvalue weighted by atomic mass is 15.3. The number of anilines is 2. The molecule has 1 N–H and O–H groups in total. The third-order valence-corrected chi connectivity index (χ3v) is 5.20. The van der Waals surface area contributed by atoms with Crippen molar-refractivity contribution in [2.24, 2.45) is 0 Å². The van der Waals surface area contributed by atoms with E-state index in [-0.39, 0.29) is 0 Å². The van der Waals surface area contributed by atoms with Gasteiger partial charge in [-0.05, 0) is 12.1 Å². The molecule has 0 aliphatic carbocycles. The molecule has 0 radical (unpaired) electrons. The van der Waals surface area contributed by atoms with Gasteiger partial charge in [0.05, 0.1) is 0 Å². The van der Waals surface area contributed by atoms with Crippen LogP contribution in [-0.2, 0) is 6.54 Å². The standard InChI is InChI=1S/C23H27N5/c1-2-27-13-15-28(16-14-27)22-17-21(24-18-19-9-5-3-6-10-19)25-23(26-22)20-11-7-4-8-12-20/h3-12,17H,2,13-16,18H2,1H3,(H,24,25,26). The summed E-state index contributed by atoms with van der Waals surface area (Å²) in [4.78, 5) is 14.5. The predicted octanol–water partition coefficient (Wildman–Crippen LogP) is 3.90. The zero-order chi connectivity index (χ0) is 19.2. The lowest BCUT2D eigenvalue weighted by molar-refractivity contribution is 0.270. The van der Waals surface area contributed by atoms with Gasteiger partial charge >= 0.3 is 0 Å². The Morgan fingerprint density at radius 2 is 1.54 bits per heavy atom. The second-order valence-corrected chi connectivity index (χ2v) is 7.06. The summed E-state index contributed by atoms with van der Waals surface area (Å²) < 4.78 is 0. The van der Waals surface area contributed by atoms with Gasteiger partial charge in [-0.1, -0.05) is 67.6 Å². The van der Waals surface area contributed by atoms with Crippen LogP contribution in [0.1, 0.15) is 12.5 Å². The first-order valence-corrected chi connectivity index (χ1v) is 10.0. The van der Waals surface area contributed by atoms with Crippen LogP contribution in [0.4, 0.5) is 11.6 Å². The molecule has 5 heteroatoms. The third-order valence-electron chi connectivity index (χ3n) is 5.20. The number of hydrogen-bond donors (Lipinski definition) is 1. The van der Waals surface area contributed by atoms with E-state index in [0.29, 0.717) is 0 Å². The van der Waals surface area contributed by atoms with Gasteiger partial charge < -0.3 is 15.1 Å². The minimum Gasteiger partial charge on any atom is -0.366 e. The van der Waals surface area contributed by atoms with Crippen molar-refractivity contribution >= 4 is 11.6 Å². The van der Waals surface area contributed by atoms with Gasteiger partial charge in [-0.3, -0.25) is 0 Å². The van der Waals surface area contributed by atoms with Crippen molar-refractivity contribution in [1.82, 2.24) is 14.9 Å². The van der Waals surface area contributed by atoms with E-state index < -0.39 is 0 Å². The van der Waals surface area contributed by atoms with Crippen LogP contribution in [0.5, 0.6) is 0 Å². The molecule has 0 spiro atoms. The summed E-state index contributed by atoms with van der Waals surface area (Å²) in [6.45, 7) is 8.22. The van der Waals surface area contributed by atoms with Crippen molar-refractivity contribution in [2.75, 3.05) is 42.9 Å². The van der Waals surface area contributed by atoms with Crippen LogP contribution in [0.3, 0.4) is 0 Å². The smallest absolute Gasteiger partial charge is 0.163 e. The van der Waals surface area contributed by atoms with Crippen molar-refractivity contribution in [3.63, 3.8) is 0 Å². The molecular formula is C23H27N5. The Morgan fingerprint density at radius 3 is 2.21 bits per heavy atom. The van der Waals surface area contributed by atoms with Crippen LogP contribution in [0.15, 0.2) is 66.7 Å². The molecule has 0 amide bonds. The molecule has 4 rings (SSSR count). The Morgan fingerprint density at radius 1 is 0.857 bits per heavy atom. The Bertz CT molecular complexity index is 874. The van der Waals surface area contributed by atoms with E-state index in [1.54, 1.807) is 0 Å². The average Bonchev–Trinajstić information content (AvgIpc) is 2.79. The van der Waals surface area contributed by atoms with E-state index in [0.717, 1.165) is 62.3 Å². The fraction of sp³-hybridized carbons (Fsp3) is 0.304. The number of nitrogens with one attached hydrogen (secondary N) is 1. The number of piperazine rings is 1. The molecule has 1 fully saturated rings. The maximum Gasteiger partial charge on any atom is 0.163 e. The van der Waals surface area contributed by atoms with Crippen molar-refractivity contribution in [3.8, 4) is 11.4 Å². The minimum atomic E-state index is 0.745. The molecule has 0 saturated carbocycles. The summed E-state index contributed by atoms with van der Waals surface area (Å²) in [5.74, 6) is 2.64. The van der Waals surface area contributed by atoms with Gasteiger partial charge in [-0.25, -0.2) is 9.97 Å². The second kappa shape index (κ2) is 8.85. The molecule has 0 unspecified atom stereocenters. The maximum atomic E-state index is 4.89. The van der Waals surface area contributed by atoms with Gasteiger partial charge in [0.2, 0.25) is 0 Å². The molecule has 144 valence electrons. The van der Waals surface area contributed by atoms with Gasteiger partial charge in [0.15, 0.2) is 5.82 Å². The van der Waals surface area contributed by atoms with Crippen molar-refractivity contribution in [2.45, 2.75) is 13.5 Å². The van der Waals surface area contributed by atoms with Crippen LogP contribution in [0.25, 0.3) is 11.4 Å². The van der Waals surface area contributed by atoms with Crippen molar-refractivity contribution in [1.29, 1.82) is 0 Å². The molecule has 0 bridgehead atoms. The third kappa shape index (κ3) is 4.49. The van der Waals surface area contributed by atoms with Crippen molar-refractivity contribution < 1.29 is 0 Å². The Kier molecular flexibility index (Phi) is 5.83. The van der Waals surface area contributed by atoms with E-state index in [2.05, 4.69) is 64.5 Å². The maximum absolute atomic E-state index is 4.89. The van der Waals surface area contributed by atoms with Crippen LogP contribution in [-0.4, -0.2) is 47.6 Å². The normalized spacial score (nSPS) is 14.8. The molecule has 3 aromatic rings. The molecule has 2 aromatic carbocycles. The van der Waals surface area contributed by atoms with Crippen LogP contribution < -0.4 is 10.2 Å². The predicted molar refractivity (Wildman–Crippen MR) is 116 cm³/mol. The lowest BCUT2D eigenvalue weighted by Gasteiger charge is -2.35. The van der Waals surface area contributed by atoms with E-state index in [1.165, 1.54) is 5.56 Å². The summed E-state index contributed by atoms with van der Waals surface area (Å²) in [7, 11) is 0. The molecule has 2 heterocycles. The van der Waals surface area contributed by atoms with Crippen molar-refractivity contribution in [3.05, 3.63) is 72.3 Å². The first-order valence-electron chi connectivity index (χ1n) is 10.0. The largest absolute Gasteiger partial charge is 0.366 e. The highest BCUT2D eigenvalue weighted by Crippen LogP contribution is 2.23. The summed E-state index contributed by atoms with van der Waals surface area (Å²) >= 11 is 0. The van der Waals surface area contributed by atoms with Gasteiger partial charge in [-0.2, -0.15) is 0 Å². The summed E-state index contributed by atoms with van der Waals surface area (Å²) in [6, 6.07) is 22.7. The number of aromatic nitrogens is 2. The molecule has 1 aliphatic heterocycles. The van der Waals surface area contributed by atoms with Gasteiger partial charge in [0.1, 0.15) is 11.6 Å². The lowest BCUT2D eigenvalue weighted by Crippen LogP contribution is -2.46. The van der Waals surface area contributed by atoms with Gasteiger partial charge in [0.25, 0.3) is 0 Å². The summed E-state index contributed by atoms with van der Waals surface area (Å²) in [5.41, 5.74) is 2.28. The minimum absolute atomic E-state index is 0.745. The quantitative estimate of drug-likeness (QED) is 0.710. The summed E-state index contributed by atoms with van der Waals surface area (Å²) in [5, 5.41) is 3.48. The highest BCUT2D eigenvalue weighted by Gasteiger charge is 2.18. The lowest BCUT2D eigenvalue weighted by atomic mass is 10.2. The van der Waals surface area contributed by atoms with Crippen LogP contribution >= 0.6 is 0 Å². The van der Waals surface area contributed by atoms with Gasteiger partial charge in [0, 0.05) is 44.4 Å². The van der Waals surface area contributed by atoms with E-state index >= 15 is 0 Å². The summed E-state index contributed by atoms with van der Waals surface area (Å²) in [6.07, 6.45) is 0. The molecular weight excluding hydrogens is 346 g/mol. The van der Waals surface area contributed by atoms with E-state index in [9.17, 15) is 0 Å². The number of benzene rings is 2. The molecule has 0 atom stereocenters. The van der Waals surface area contributed by atoms with Crippen LogP contribution in [0.2, 0.25) is 0 Å². The molecule has 5 nitrogen and oxygen atoms in total. The second-order valence-electron chi connectivity index (χ2n) is 7.06. The first-order chi connectivity index (χ1) is 13.8. The zero-order valence-electron chi connectivity index (χ0n) is 16.4. The Hall–Kier alpha value is -2.92. The zero-order valence-corrected chi connectivity index (χ0v) is 16.4. The Balaban J connectivity index is 1.59. The fourth-order valence-corrected chi connectivity index (χ4v) is 3.48. The number of hydrogen-bond acceptors (Lipinski definition) is 5. The van der Waals surface area contributed by atoms with Gasteiger partial charge in [-0.15, -0.1) is 0 Å².